The van der Waals surface area contributed by atoms with E-state index in [0.29, 0.717) is 17.3 Å². The molecule has 0 N–H and O–H groups in total. The first-order chi connectivity index (χ1) is 17.1. The highest BCUT2D eigenvalue weighted by atomic mass is 31.1. The van der Waals surface area contributed by atoms with E-state index in [1.165, 1.54) is 5.56 Å². The molecule has 175 valence electrons. The molecule has 2 atom stereocenters. The summed E-state index contributed by atoms with van der Waals surface area (Å²) in [6.45, 7) is 4.21. The van der Waals surface area contributed by atoms with Gasteiger partial charge in [0.15, 0.2) is 0 Å². The summed E-state index contributed by atoms with van der Waals surface area (Å²) in [7, 11) is -0.203. The predicted molar refractivity (Wildman–Crippen MR) is 143 cm³/mol. The van der Waals surface area contributed by atoms with Crippen molar-refractivity contribution in [3.05, 3.63) is 131 Å². The van der Waals surface area contributed by atoms with Crippen LogP contribution < -0.4 is 14.8 Å². The first-order valence-corrected chi connectivity index (χ1v) is 13.2. The van der Waals surface area contributed by atoms with E-state index in [1.807, 2.05) is 66.7 Å². The number of hydrogen-bond acceptors (Lipinski definition) is 3. The Morgan fingerprint density at radius 1 is 0.886 bits per heavy atom. The SMILES string of the molecule is CCc1cccc([P](=O)C2C(=C(c3ccccc3)c3ccccc3)Oc3cc(OC)ccc32)c1C. The molecule has 0 aliphatic carbocycles. The molecule has 0 spiro atoms. The molecule has 4 heteroatoms. The standard InChI is InChI=1S/C31H28O3P/c1-4-22-16-11-17-28(21(22)2)35(32)31-26-19-18-25(33-3)20-27(26)34-30(31)29(23-12-7-5-8-13-23)24-14-9-6-10-15-24/h5-20,31H,4H2,1-3H3. The van der Waals surface area contributed by atoms with Gasteiger partial charge < -0.3 is 9.47 Å². The summed E-state index contributed by atoms with van der Waals surface area (Å²) < 4.78 is 26.5. The Kier molecular flexibility index (Phi) is 6.53. The molecule has 0 bridgehead atoms. The topological polar surface area (TPSA) is 35.5 Å². The maximum atomic E-state index is 14.4. The van der Waals surface area contributed by atoms with E-state index in [-0.39, 0.29) is 0 Å². The normalized spacial score (nSPS) is 14.8. The van der Waals surface area contributed by atoms with Gasteiger partial charge in [0.1, 0.15) is 30.7 Å². The van der Waals surface area contributed by atoms with Gasteiger partial charge in [-0.25, -0.2) is 0 Å². The summed E-state index contributed by atoms with van der Waals surface area (Å²) in [5.74, 6) is 2.12. The largest absolute Gasteiger partial charge is 0.497 e. The molecule has 1 radical (unpaired) electrons. The highest BCUT2D eigenvalue weighted by Crippen LogP contribution is 2.57. The second-order valence-corrected chi connectivity index (χ2v) is 10.3. The van der Waals surface area contributed by atoms with Crippen LogP contribution in [0, 0.1) is 6.92 Å². The minimum absolute atomic E-state index is 0.410. The fourth-order valence-corrected chi connectivity index (χ4v) is 6.63. The van der Waals surface area contributed by atoms with Gasteiger partial charge in [-0.2, -0.15) is 0 Å². The van der Waals surface area contributed by atoms with Gasteiger partial charge in [0, 0.05) is 22.5 Å². The minimum Gasteiger partial charge on any atom is -0.497 e. The average molecular weight is 480 g/mol. The molecule has 35 heavy (non-hydrogen) atoms. The molecule has 2 unspecified atom stereocenters. The van der Waals surface area contributed by atoms with Crippen LogP contribution in [0.25, 0.3) is 5.57 Å². The third-order valence-electron chi connectivity index (χ3n) is 6.63. The summed E-state index contributed by atoms with van der Waals surface area (Å²) >= 11 is 0. The van der Waals surface area contributed by atoms with Gasteiger partial charge in [-0.3, -0.25) is 4.57 Å². The second kappa shape index (κ2) is 9.90. The molecular formula is C31H28O3P. The van der Waals surface area contributed by atoms with Crippen LogP contribution in [0.2, 0.25) is 0 Å². The summed E-state index contributed by atoms with van der Waals surface area (Å²) in [6.07, 6.45) is 0.903. The number of allylic oxidation sites excluding steroid dienone is 1. The Hall–Kier alpha value is -3.68. The molecule has 3 nitrogen and oxygen atoms in total. The number of methoxy groups -OCH3 is 1. The van der Waals surface area contributed by atoms with Crippen molar-refractivity contribution < 1.29 is 14.0 Å². The van der Waals surface area contributed by atoms with E-state index in [1.54, 1.807) is 7.11 Å². The number of aryl methyl sites for hydroxylation is 1. The van der Waals surface area contributed by atoms with Gasteiger partial charge in [-0.1, -0.05) is 85.8 Å². The molecule has 1 aliphatic rings. The van der Waals surface area contributed by atoms with Crippen molar-refractivity contribution >= 4 is 18.7 Å². The highest BCUT2D eigenvalue weighted by Gasteiger charge is 2.39. The summed E-state index contributed by atoms with van der Waals surface area (Å²) in [5.41, 5.74) is 5.84. The van der Waals surface area contributed by atoms with Crippen LogP contribution in [0.15, 0.2) is 103 Å². The maximum absolute atomic E-state index is 14.4. The molecule has 1 heterocycles. The zero-order valence-electron chi connectivity index (χ0n) is 20.2. The summed E-state index contributed by atoms with van der Waals surface area (Å²) in [4.78, 5) is 0. The number of benzene rings is 4. The van der Waals surface area contributed by atoms with Gasteiger partial charge in [-0.15, -0.1) is 0 Å². The van der Waals surface area contributed by atoms with E-state index in [4.69, 9.17) is 9.47 Å². The molecule has 0 amide bonds. The van der Waals surface area contributed by atoms with Gasteiger partial charge in [-0.05, 0) is 47.7 Å². The van der Waals surface area contributed by atoms with E-state index in [2.05, 4.69) is 44.2 Å². The molecule has 0 saturated carbocycles. The van der Waals surface area contributed by atoms with Gasteiger partial charge in [0.05, 0.1) is 7.11 Å². The lowest BCUT2D eigenvalue weighted by Crippen LogP contribution is -2.11. The Labute approximate surface area is 207 Å². The first-order valence-electron chi connectivity index (χ1n) is 11.9. The van der Waals surface area contributed by atoms with Gasteiger partial charge >= 0.3 is 0 Å². The number of rotatable bonds is 6. The van der Waals surface area contributed by atoms with E-state index >= 15 is 0 Å². The molecule has 4 aromatic carbocycles. The molecule has 5 rings (SSSR count). The van der Waals surface area contributed by atoms with Crippen LogP contribution in [0.3, 0.4) is 0 Å². The molecule has 0 saturated heterocycles. The molecular weight excluding hydrogens is 451 g/mol. The van der Waals surface area contributed by atoms with Crippen LogP contribution in [0.1, 0.15) is 40.4 Å². The smallest absolute Gasteiger partial charge is 0.135 e. The zero-order chi connectivity index (χ0) is 24.4. The van der Waals surface area contributed by atoms with Crippen molar-refractivity contribution in [2.75, 3.05) is 7.11 Å². The van der Waals surface area contributed by atoms with Crippen molar-refractivity contribution in [1.82, 2.24) is 0 Å². The lowest BCUT2D eigenvalue weighted by atomic mass is 9.95. The predicted octanol–water partition coefficient (Wildman–Crippen LogP) is 7.61. The first kappa shape index (κ1) is 23.1. The third-order valence-corrected chi connectivity index (χ3v) is 8.57. The van der Waals surface area contributed by atoms with Crippen LogP contribution >= 0.6 is 7.80 Å². The zero-order valence-corrected chi connectivity index (χ0v) is 21.1. The fourth-order valence-electron chi connectivity index (χ4n) is 4.78. The Morgan fingerprint density at radius 2 is 1.54 bits per heavy atom. The number of fused-ring (bicyclic) bond motifs is 1. The quantitative estimate of drug-likeness (QED) is 0.267. The maximum Gasteiger partial charge on any atom is 0.135 e. The van der Waals surface area contributed by atoms with Gasteiger partial charge in [0.25, 0.3) is 0 Å². The lowest BCUT2D eigenvalue weighted by Gasteiger charge is -2.19. The van der Waals surface area contributed by atoms with Crippen LogP contribution in [-0.4, -0.2) is 7.11 Å². The summed E-state index contributed by atoms with van der Waals surface area (Å²) in [6, 6.07) is 32.3. The van der Waals surface area contributed by atoms with Gasteiger partial charge in [0.2, 0.25) is 0 Å². The lowest BCUT2D eigenvalue weighted by molar-refractivity contribution is 0.406. The molecule has 4 aromatic rings. The van der Waals surface area contributed by atoms with Crippen molar-refractivity contribution in [3.8, 4) is 11.5 Å². The van der Waals surface area contributed by atoms with Crippen molar-refractivity contribution in [1.29, 1.82) is 0 Å². The van der Waals surface area contributed by atoms with E-state index in [9.17, 15) is 4.57 Å². The Bertz CT molecular complexity index is 1370. The minimum atomic E-state index is -1.85. The Morgan fingerprint density at radius 3 is 2.14 bits per heavy atom. The molecule has 0 fully saturated rings. The average Bonchev–Trinajstić information content (AvgIpc) is 3.27. The molecule has 0 aromatic heterocycles. The third kappa shape index (κ3) is 4.29. The number of ether oxygens (including phenoxy) is 2. The van der Waals surface area contributed by atoms with Crippen LogP contribution in [0.5, 0.6) is 11.5 Å². The molecule has 1 aliphatic heterocycles. The fraction of sp³-hybridized carbons (Fsp3) is 0.161. The van der Waals surface area contributed by atoms with Crippen molar-refractivity contribution in [2.45, 2.75) is 25.9 Å². The highest BCUT2D eigenvalue weighted by molar-refractivity contribution is 7.54. The monoisotopic (exact) mass is 479 g/mol. The Balaban J connectivity index is 1.78. The van der Waals surface area contributed by atoms with Crippen molar-refractivity contribution in [3.63, 3.8) is 0 Å². The van der Waals surface area contributed by atoms with Crippen LogP contribution in [-0.2, 0) is 11.0 Å². The van der Waals surface area contributed by atoms with Crippen LogP contribution in [0.4, 0.5) is 0 Å². The second-order valence-electron chi connectivity index (χ2n) is 8.62. The van der Waals surface area contributed by atoms with Crippen molar-refractivity contribution in [2.24, 2.45) is 0 Å². The van der Waals surface area contributed by atoms with E-state index in [0.717, 1.165) is 39.6 Å². The van der Waals surface area contributed by atoms with E-state index < -0.39 is 13.5 Å². The summed E-state index contributed by atoms with van der Waals surface area (Å²) in [5, 5.41) is 0.884. The number of hydrogen-bond donors (Lipinski definition) is 0.